The summed E-state index contributed by atoms with van der Waals surface area (Å²) in [6.45, 7) is 1.56. The van der Waals surface area contributed by atoms with Gasteiger partial charge in [-0.3, -0.25) is 0 Å². The summed E-state index contributed by atoms with van der Waals surface area (Å²) in [7, 11) is 0.521. The Morgan fingerprint density at radius 3 is 2.76 bits per heavy atom. The van der Waals surface area contributed by atoms with Gasteiger partial charge in [0.2, 0.25) is 10.0 Å². The average Bonchev–Trinajstić information content (AvgIpc) is 2.73. The highest BCUT2D eigenvalue weighted by Crippen LogP contribution is 2.20. The van der Waals surface area contributed by atoms with E-state index in [0.29, 0.717) is 16.3 Å². The van der Waals surface area contributed by atoms with Crippen LogP contribution in [0.3, 0.4) is 0 Å². The van der Waals surface area contributed by atoms with Crippen LogP contribution in [0, 0.1) is 0 Å². The van der Waals surface area contributed by atoms with Crippen LogP contribution in [-0.2, 0) is 16.6 Å². The smallest absolute Gasteiger partial charge is 0.241 e. The normalized spacial score (nSPS) is 12.2. The second-order valence-electron chi connectivity index (χ2n) is 3.97. The molecule has 0 unspecified atom stereocenters. The number of nitrogens with two attached hydrogens (primary N) is 1. The van der Waals surface area contributed by atoms with E-state index in [1.807, 2.05) is 19.0 Å². The van der Waals surface area contributed by atoms with Crippen LogP contribution in [0.4, 0.5) is 0 Å². The zero-order valence-electron chi connectivity index (χ0n) is 10.1. The van der Waals surface area contributed by atoms with E-state index < -0.39 is 10.0 Å². The summed E-state index contributed by atoms with van der Waals surface area (Å²) in [5.41, 5.74) is 5.50. The van der Waals surface area contributed by atoms with Gasteiger partial charge in [-0.1, -0.05) is 0 Å². The van der Waals surface area contributed by atoms with E-state index in [1.54, 1.807) is 11.4 Å². The molecule has 0 fully saturated rings. The zero-order chi connectivity index (χ0) is 12.9. The lowest BCUT2D eigenvalue weighted by molar-refractivity contribution is 0.400. The molecule has 0 aliphatic carbocycles. The molecule has 0 aliphatic rings. The quantitative estimate of drug-likeness (QED) is 0.709. The predicted molar refractivity (Wildman–Crippen MR) is 70.6 cm³/mol. The van der Waals surface area contributed by atoms with Crippen molar-refractivity contribution in [2.24, 2.45) is 5.73 Å². The van der Waals surface area contributed by atoms with E-state index in [2.05, 4.69) is 4.72 Å². The summed E-state index contributed by atoms with van der Waals surface area (Å²) < 4.78 is 26.5. The Hall–Kier alpha value is -0.470. The Morgan fingerprint density at radius 1 is 1.47 bits per heavy atom. The lowest BCUT2D eigenvalue weighted by Crippen LogP contribution is -2.27. The number of hydrogen-bond acceptors (Lipinski definition) is 5. The highest BCUT2D eigenvalue weighted by atomic mass is 32.2. The Balaban J connectivity index is 2.57. The molecule has 0 aliphatic heterocycles. The van der Waals surface area contributed by atoms with Gasteiger partial charge in [-0.15, -0.1) is 11.3 Å². The summed E-state index contributed by atoms with van der Waals surface area (Å²) >= 11 is 1.37. The largest absolute Gasteiger partial charge is 0.326 e. The molecule has 0 aromatic carbocycles. The van der Waals surface area contributed by atoms with E-state index in [4.69, 9.17) is 5.73 Å². The van der Waals surface area contributed by atoms with Gasteiger partial charge >= 0.3 is 0 Å². The molecule has 1 rings (SSSR count). The third-order valence-electron chi connectivity index (χ3n) is 2.25. The Kier molecular flexibility index (Phi) is 5.54. The fraction of sp³-hybridized carbons (Fsp3) is 0.600. The Morgan fingerprint density at radius 2 is 2.18 bits per heavy atom. The predicted octanol–water partition coefficient (Wildman–Crippen LogP) is 0.437. The number of rotatable bonds is 7. The molecule has 5 nitrogen and oxygen atoms in total. The molecule has 1 heterocycles. The first kappa shape index (κ1) is 14.6. The van der Waals surface area contributed by atoms with E-state index >= 15 is 0 Å². The minimum Gasteiger partial charge on any atom is -0.326 e. The zero-order valence-corrected chi connectivity index (χ0v) is 11.8. The van der Waals surface area contributed by atoms with Gasteiger partial charge in [0.05, 0.1) is 4.90 Å². The van der Waals surface area contributed by atoms with Gasteiger partial charge in [0, 0.05) is 18.0 Å². The van der Waals surface area contributed by atoms with E-state index in [1.165, 1.54) is 11.3 Å². The molecule has 0 amide bonds. The maximum Gasteiger partial charge on any atom is 0.241 e. The lowest BCUT2D eigenvalue weighted by atomic mass is 10.4. The molecule has 98 valence electrons. The van der Waals surface area contributed by atoms with Crippen LogP contribution in [0.5, 0.6) is 0 Å². The summed E-state index contributed by atoms with van der Waals surface area (Å²) in [5.74, 6) is 0. The van der Waals surface area contributed by atoms with Crippen molar-refractivity contribution in [2.75, 3.05) is 27.2 Å². The first-order valence-electron chi connectivity index (χ1n) is 5.38. The summed E-state index contributed by atoms with van der Waals surface area (Å²) in [6.07, 6.45) is 0.786. The Bertz CT molecular complexity index is 440. The molecule has 17 heavy (non-hydrogen) atoms. The number of nitrogens with one attached hydrogen (secondary N) is 1. The molecule has 1 aromatic heterocycles. The van der Waals surface area contributed by atoms with Crippen molar-refractivity contribution in [3.05, 3.63) is 16.3 Å². The highest BCUT2D eigenvalue weighted by molar-refractivity contribution is 7.89. The number of hydrogen-bond donors (Lipinski definition) is 2. The fourth-order valence-electron chi connectivity index (χ4n) is 1.40. The average molecular weight is 277 g/mol. The SMILES string of the molecule is CN(C)CCCNS(=O)(=O)c1ccsc1CN. The van der Waals surface area contributed by atoms with Crippen molar-refractivity contribution < 1.29 is 8.42 Å². The third-order valence-corrected chi connectivity index (χ3v) is 4.87. The molecule has 3 N–H and O–H groups in total. The molecule has 0 saturated carbocycles. The molecule has 0 saturated heterocycles. The molecule has 0 radical (unpaired) electrons. The van der Waals surface area contributed by atoms with Crippen LogP contribution in [0.25, 0.3) is 0 Å². The second-order valence-corrected chi connectivity index (χ2v) is 6.70. The highest BCUT2D eigenvalue weighted by Gasteiger charge is 2.18. The van der Waals surface area contributed by atoms with Gasteiger partial charge in [-0.25, -0.2) is 13.1 Å². The van der Waals surface area contributed by atoms with E-state index in [0.717, 1.165) is 13.0 Å². The van der Waals surface area contributed by atoms with Gasteiger partial charge in [-0.05, 0) is 38.5 Å². The van der Waals surface area contributed by atoms with E-state index in [-0.39, 0.29) is 6.54 Å². The molecular weight excluding hydrogens is 258 g/mol. The van der Waals surface area contributed by atoms with Crippen LogP contribution in [-0.4, -0.2) is 40.5 Å². The summed E-state index contributed by atoms with van der Waals surface area (Å²) in [4.78, 5) is 3.03. The third kappa shape index (κ3) is 4.36. The summed E-state index contributed by atoms with van der Waals surface area (Å²) in [5, 5.41) is 1.75. The van der Waals surface area contributed by atoms with E-state index in [9.17, 15) is 8.42 Å². The first-order chi connectivity index (χ1) is 7.97. The lowest BCUT2D eigenvalue weighted by Gasteiger charge is -2.10. The van der Waals surface area contributed by atoms with Crippen LogP contribution in [0.15, 0.2) is 16.3 Å². The monoisotopic (exact) mass is 277 g/mol. The van der Waals surface area contributed by atoms with Crippen molar-refractivity contribution >= 4 is 21.4 Å². The molecule has 1 aromatic rings. The van der Waals surface area contributed by atoms with Crippen molar-refractivity contribution in [1.29, 1.82) is 0 Å². The van der Waals surface area contributed by atoms with Gasteiger partial charge in [0.1, 0.15) is 0 Å². The molecule has 0 bridgehead atoms. The first-order valence-corrected chi connectivity index (χ1v) is 7.74. The summed E-state index contributed by atoms with van der Waals surface area (Å²) in [6, 6.07) is 1.60. The van der Waals surface area contributed by atoms with Crippen LogP contribution < -0.4 is 10.5 Å². The van der Waals surface area contributed by atoms with Crippen molar-refractivity contribution in [2.45, 2.75) is 17.9 Å². The number of sulfonamides is 1. The van der Waals surface area contributed by atoms with Crippen molar-refractivity contribution in [1.82, 2.24) is 9.62 Å². The Labute approximate surface area is 107 Å². The van der Waals surface area contributed by atoms with Gasteiger partial charge in [0.25, 0.3) is 0 Å². The molecular formula is C10H19N3O2S2. The number of nitrogens with zero attached hydrogens (tertiary/aromatic N) is 1. The van der Waals surface area contributed by atoms with Gasteiger partial charge in [-0.2, -0.15) is 0 Å². The van der Waals surface area contributed by atoms with Crippen LogP contribution in [0.1, 0.15) is 11.3 Å². The van der Waals surface area contributed by atoms with Crippen molar-refractivity contribution in [3.63, 3.8) is 0 Å². The van der Waals surface area contributed by atoms with Gasteiger partial charge < -0.3 is 10.6 Å². The second kappa shape index (κ2) is 6.46. The fourth-order valence-corrected chi connectivity index (χ4v) is 3.80. The molecule has 0 spiro atoms. The topological polar surface area (TPSA) is 75.4 Å². The van der Waals surface area contributed by atoms with Crippen molar-refractivity contribution in [3.8, 4) is 0 Å². The maximum atomic E-state index is 11.9. The minimum atomic E-state index is -3.40. The standard InChI is InChI=1S/C10H19N3O2S2/c1-13(2)6-3-5-12-17(14,15)10-4-7-16-9(10)8-11/h4,7,12H,3,5-6,8,11H2,1-2H3. The number of thiophene rings is 1. The van der Waals surface area contributed by atoms with Crippen LogP contribution >= 0.6 is 11.3 Å². The van der Waals surface area contributed by atoms with Crippen LogP contribution in [0.2, 0.25) is 0 Å². The molecule has 7 heteroatoms. The van der Waals surface area contributed by atoms with Gasteiger partial charge in [0.15, 0.2) is 0 Å². The minimum absolute atomic E-state index is 0.256. The maximum absolute atomic E-state index is 11.9. The molecule has 0 atom stereocenters.